The number of hydroxylamine groups is 2. The van der Waals surface area contributed by atoms with Crippen LogP contribution in [0.3, 0.4) is 0 Å². The molecule has 0 aliphatic heterocycles. The lowest BCUT2D eigenvalue weighted by atomic mass is 9.86. The summed E-state index contributed by atoms with van der Waals surface area (Å²) in [5.41, 5.74) is -1.33. The maximum Gasteiger partial charge on any atom is 0.311 e. The fraction of sp³-hybridized carbons (Fsp3) is 0.833. The molecule has 1 N–H and O–H groups in total. The van der Waals surface area contributed by atoms with Crippen LogP contribution in [0.25, 0.3) is 0 Å². The van der Waals surface area contributed by atoms with E-state index in [9.17, 15) is 14.7 Å². The SMILES string of the molecule is CC(C)(C)ON(C=O)CC1(C(=O)O)CCCC1. The lowest BCUT2D eigenvalue weighted by molar-refractivity contribution is -0.226. The molecule has 0 unspecified atom stereocenters. The Morgan fingerprint density at radius 1 is 1.41 bits per heavy atom. The van der Waals surface area contributed by atoms with Crippen molar-refractivity contribution < 1.29 is 19.5 Å². The number of hydrogen-bond acceptors (Lipinski definition) is 3. The van der Waals surface area contributed by atoms with E-state index in [1.807, 2.05) is 20.8 Å². The predicted octanol–water partition coefficient (Wildman–Crippen LogP) is 1.82. The number of carboxylic acid groups (broad SMARTS) is 1. The molecule has 98 valence electrons. The molecule has 0 aromatic rings. The lowest BCUT2D eigenvalue weighted by Crippen LogP contribution is -2.43. The van der Waals surface area contributed by atoms with E-state index in [1.54, 1.807) is 0 Å². The Hall–Kier alpha value is -1.10. The molecule has 0 spiro atoms. The fourth-order valence-electron chi connectivity index (χ4n) is 2.23. The molecule has 0 atom stereocenters. The Labute approximate surface area is 102 Å². The van der Waals surface area contributed by atoms with Gasteiger partial charge in [0.25, 0.3) is 0 Å². The zero-order valence-corrected chi connectivity index (χ0v) is 10.7. The molecule has 1 fully saturated rings. The lowest BCUT2D eigenvalue weighted by Gasteiger charge is -2.32. The van der Waals surface area contributed by atoms with Gasteiger partial charge in [0, 0.05) is 0 Å². The standard InChI is InChI=1S/C12H21NO4/c1-11(2,3)17-13(9-14)8-12(10(15)16)6-4-5-7-12/h9H,4-8H2,1-3H3,(H,15,16). The highest BCUT2D eigenvalue weighted by molar-refractivity contribution is 5.75. The molecule has 0 bridgehead atoms. The largest absolute Gasteiger partial charge is 0.481 e. The molecule has 0 saturated heterocycles. The van der Waals surface area contributed by atoms with Crippen molar-refractivity contribution in [2.24, 2.45) is 5.41 Å². The van der Waals surface area contributed by atoms with E-state index >= 15 is 0 Å². The number of rotatable bonds is 5. The van der Waals surface area contributed by atoms with Crippen LogP contribution in [0.2, 0.25) is 0 Å². The molecule has 1 saturated carbocycles. The first-order chi connectivity index (χ1) is 7.79. The predicted molar refractivity (Wildman–Crippen MR) is 62.1 cm³/mol. The molecule has 1 aliphatic rings. The first kappa shape index (κ1) is 14.0. The Bertz CT molecular complexity index is 289. The van der Waals surface area contributed by atoms with Gasteiger partial charge in [-0.15, -0.1) is 0 Å². The minimum Gasteiger partial charge on any atom is -0.481 e. The van der Waals surface area contributed by atoms with Crippen molar-refractivity contribution in [2.75, 3.05) is 6.54 Å². The molecule has 17 heavy (non-hydrogen) atoms. The van der Waals surface area contributed by atoms with Crippen LogP contribution in [0, 0.1) is 5.41 Å². The molecule has 0 aromatic heterocycles. The van der Waals surface area contributed by atoms with Gasteiger partial charge in [0.1, 0.15) is 0 Å². The van der Waals surface area contributed by atoms with E-state index in [0.29, 0.717) is 19.3 Å². The van der Waals surface area contributed by atoms with Gasteiger partial charge in [-0.1, -0.05) is 12.8 Å². The highest BCUT2D eigenvalue weighted by Crippen LogP contribution is 2.39. The number of carboxylic acids is 1. The van der Waals surface area contributed by atoms with Gasteiger partial charge in [0.2, 0.25) is 6.41 Å². The van der Waals surface area contributed by atoms with Crippen molar-refractivity contribution in [1.82, 2.24) is 5.06 Å². The van der Waals surface area contributed by atoms with E-state index in [2.05, 4.69) is 0 Å². The molecule has 0 aromatic carbocycles. The molecular weight excluding hydrogens is 222 g/mol. The van der Waals surface area contributed by atoms with Gasteiger partial charge >= 0.3 is 5.97 Å². The summed E-state index contributed by atoms with van der Waals surface area (Å²) in [6.45, 7) is 5.60. The molecule has 0 radical (unpaired) electrons. The number of nitrogens with zero attached hydrogens (tertiary/aromatic N) is 1. The van der Waals surface area contributed by atoms with Crippen LogP contribution >= 0.6 is 0 Å². The average Bonchev–Trinajstić information content (AvgIpc) is 2.64. The molecular formula is C12H21NO4. The van der Waals surface area contributed by atoms with Gasteiger partial charge in [0.05, 0.1) is 17.6 Å². The number of amides is 1. The van der Waals surface area contributed by atoms with Gasteiger partial charge < -0.3 is 5.11 Å². The fourth-order valence-corrected chi connectivity index (χ4v) is 2.23. The monoisotopic (exact) mass is 243 g/mol. The van der Waals surface area contributed by atoms with E-state index < -0.39 is 17.0 Å². The number of aliphatic carboxylic acids is 1. The van der Waals surface area contributed by atoms with Crippen molar-refractivity contribution >= 4 is 12.4 Å². The third-order valence-electron chi connectivity index (χ3n) is 2.98. The Morgan fingerprint density at radius 2 is 1.94 bits per heavy atom. The summed E-state index contributed by atoms with van der Waals surface area (Å²) in [4.78, 5) is 27.7. The van der Waals surface area contributed by atoms with Gasteiger partial charge in [-0.25, -0.2) is 5.06 Å². The molecule has 1 aliphatic carbocycles. The Kier molecular flexibility index (Phi) is 4.14. The van der Waals surface area contributed by atoms with Crippen LogP contribution in [0.5, 0.6) is 0 Å². The van der Waals surface area contributed by atoms with E-state index in [0.717, 1.165) is 17.9 Å². The van der Waals surface area contributed by atoms with Crippen molar-refractivity contribution in [3.8, 4) is 0 Å². The van der Waals surface area contributed by atoms with E-state index in [4.69, 9.17) is 4.84 Å². The van der Waals surface area contributed by atoms with Crippen molar-refractivity contribution in [1.29, 1.82) is 0 Å². The molecule has 1 amide bonds. The highest BCUT2D eigenvalue weighted by Gasteiger charge is 2.43. The van der Waals surface area contributed by atoms with Crippen molar-refractivity contribution in [3.63, 3.8) is 0 Å². The maximum atomic E-state index is 11.3. The van der Waals surface area contributed by atoms with Gasteiger partial charge in [-0.05, 0) is 33.6 Å². The highest BCUT2D eigenvalue weighted by atomic mass is 16.7. The molecule has 0 heterocycles. The van der Waals surface area contributed by atoms with Crippen molar-refractivity contribution in [2.45, 2.75) is 52.1 Å². The number of carbonyl (C=O) groups excluding carboxylic acids is 1. The second-order valence-electron chi connectivity index (χ2n) is 5.68. The average molecular weight is 243 g/mol. The van der Waals surface area contributed by atoms with E-state index in [-0.39, 0.29) is 6.54 Å². The smallest absolute Gasteiger partial charge is 0.311 e. The summed E-state index contributed by atoms with van der Waals surface area (Å²) in [6, 6.07) is 0. The van der Waals surface area contributed by atoms with Crippen LogP contribution in [-0.4, -0.2) is 34.7 Å². The minimum atomic E-state index is -0.834. The second-order valence-corrected chi connectivity index (χ2v) is 5.68. The zero-order chi connectivity index (χ0) is 13.1. The summed E-state index contributed by atoms with van der Waals surface area (Å²) in [7, 11) is 0. The van der Waals surface area contributed by atoms with Crippen LogP contribution in [0.1, 0.15) is 46.5 Å². The summed E-state index contributed by atoms with van der Waals surface area (Å²) in [5, 5.41) is 10.4. The normalized spacial score (nSPS) is 19.0. The first-order valence-electron chi connectivity index (χ1n) is 5.94. The Morgan fingerprint density at radius 3 is 2.29 bits per heavy atom. The minimum absolute atomic E-state index is 0.128. The van der Waals surface area contributed by atoms with Gasteiger partial charge in [-0.2, -0.15) is 0 Å². The molecule has 1 rings (SSSR count). The third-order valence-corrected chi connectivity index (χ3v) is 2.98. The van der Waals surface area contributed by atoms with Crippen LogP contribution < -0.4 is 0 Å². The van der Waals surface area contributed by atoms with Crippen LogP contribution in [0.4, 0.5) is 0 Å². The zero-order valence-electron chi connectivity index (χ0n) is 10.7. The summed E-state index contributed by atoms with van der Waals surface area (Å²) < 4.78 is 0. The quantitative estimate of drug-likeness (QED) is 0.591. The third kappa shape index (κ3) is 3.70. The summed E-state index contributed by atoms with van der Waals surface area (Å²) in [5.74, 6) is -0.834. The van der Waals surface area contributed by atoms with Gasteiger partial charge in [-0.3, -0.25) is 14.4 Å². The molecule has 5 nitrogen and oxygen atoms in total. The van der Waals surface area contributed by atoms with Crippen LogP contribution in [-0.2, 0) is 14.4 Å². The topological polar surface area (TPSA) is 66.8 Å². The second kappa shape index (κ2) is 5.04. The number of carbonyl (C=O) groups is 2. The summed E-state index contributed by atoms with van der Waals surface area (Å²) in [6.07, 6.45) is 3.58. The first-order valence-corrected chi connectivity index (χ1v) is 5.94. The van der Waals surface area contributed by atoms with E-state index in [1.165, 1.54) is 0 Å². The molecule has 5 heteroatoms. The summed E-state index contributed by atoms with van der Waals surface area (Å²) >= 11 is 0. The maximum absolute atomic E-state index is 11.3. The Balaban J connectivity index is 2.71. The van der Waals surface area contributed by atoms with Crippen LogP contribution in [0.15, 0.2) is 0 Å². The van der Waals surface area contributed by atoms with Gasteiger partial charge in [0.15, 0.2) is 0 Å². The van der Waals surface area contributed by atoms with Crippen molar-refractivity contribution in [3.05, 3.63) is 0 Å². The number of hydrogen-bond donors (Lipinski definition) is 1.